The number of hydrogen-bond acceptors (Lipinski definition) is 2. The topological polar surface area (TPSA) is 39.3 Å². The van der Waals surface area contributed by atoms with Gasteiger partial charge in [0, 0.05) is 35.2 Å². The molecule has 0 radical (unpaired) electrons. The Morgan fingerprint density at radius 1 is 1.41 bits per heavy atom. The van der Waals surface area contributed by atoms with Crippen LogP contribution in [0.25, 0.3) is 10.9 Å². The number of aromatic amines is 1. The molecule has 3 atom stereocenters. The molecule has 0 bridgehead atoms. The predicted octanol–water partition coefficient (Wildman–Crippen LogP) is 3.34. The van der Waals surface area contributed by atoms with Crippen LogP contribution in [0.1, 0.15) is 38.1 Å². The van der Waals surface area contributed by atoms with Crippen molar-refractivity contribution in [3.8, 4) is 0 Å². The molecule has 1 aliphatic heterocycles. The maximum Gasteiger partial charge on any atom is 0.143 e. The van der Waals surface area contributed by atoms with Gasteiger partial charge in [0.2, 0.25) is 0 Å². The second-order valence-electron chi connectivity index (χ2n) is 6.68. The lowest BCUT2D eigenvalue weighted by Crippen LogP contribution is -2.48. The molecule has 1 aromatic carbocycles. The highest BCUT2D eigenvalue weighted by atomic mass is 19.1. The summed E-state index contributed by atoms with van der Waals surface area (Å²) in [7, 11) is 0. The van der Waals surface area contributed by atoms with Crippen molar-refractivity contribution in [1.82, 2.24) is 9.88 Å². The monoisotopic (exact) mass is 308 g/mol. The lowest BCUT2D eigenvalue weighted by atomic mass is 9.92. The first-order valence-corrected chi connectivity index (χ1v) is 7.68. The summed E-state index contributed by atoms with van der Waals surface area (Å²) in [5.74, 6) is -0.264. The van der Waals surface area contributed by atoms with Gasteiger partial charge in [-0.1, -0.05) is 0 Å². The number of H-pyrrole nitrogens is 1. The number of alkyl halides is 1. The highest BCUT2D eigenvalue weighted by molar-refractivity contribution is 5.85. The van der Waals surface area contributed by atoms with Crippen LogP contribution in [0.4, 0.5) is 8.78 Å². The number of aliphatic hydroxyl groups is 1. The lowest BCUT2D eigenvalue weighted by molar-refractivity contribution is 0.0133. The Balaban J connectivity index is 2.00. The molecule has 1 aliphatic rings. The zero-order chi connectivity index (χ0) is 16.1. The van der Waals surface area contributed by atoms with Gasteiger partial charge in [0.05, 0.1) is 6.61 Å². The summed E-state index contributed by atoms with van der Waals surface area (Å²) in [6.07, 6.45) is 0.785. The number of aromatic nitrogens is 1. The average molecular weight is 308 g/mol. The number of fused-ring (bicyclic) bond motifs is 3. The number of nitrogens with one attached hydrogen (secondary N) is 1. The highest BCUT2D eigenvalue weighted by Crippen LogP contribution is 2.37. The number of halogens is 2. The van der Waals surface area contributed by atoms with Crippen molar-refractivity contribution in [2.75, 3.05) is 13.2 Å². The first kappa shape index (κ1) is 15.4. The van der Waals surface area contributed by atoms with E-state index in [4.69, 9.17) is 0 Å². The molecular weight excluding hydrogens is 286 g/mol. The van der Waals surface area contributed by atoms with Crippen LogP contribution in [-0.2, 0) is 6.42 Å². The molecule has 0 spiro atoms. The molecule has 2 heterocycles. The number of aliphatic hydroxyl groups excluding tert-OH is 1. The van der Waals surface area contributed by atoms with E-state index in [1.807, 2.05) is 13.0 Å². The third kappa shape index (κ3) is 2.52. The smallest absolute Gasteiger partial charge is 0.143 e. The highest BCUT2D eigenvalue weighted by Gasteiger charge is 2.36. The van der Waals surface area contributed by atoms with Gasteiger partial charge in [-0.15, -0.1) is 0 Å². The lowest BCUT2D eigenvalue weighted by Gasteiger charge is -2.41. The van der Waals surface area contributed by atoms with Crippen molar-refractivity contribution >= 4 is 10.9 Å². The van der Waals surface area contributed by atoms with Crippen LogP contribution < -0.4 is 0 Å². The molecule has 120 valence electrons. The van der Waals surface area contributed by atoms with Gasteiger partial charge in [0.1, 0.15) is 11.5 Å². The Labute approximate surface area is 128 Å². The van der Waals surface area contributed by atoms with Crippen molar-refractivity contribution in [3.05, 3.63) is 35.3 Å². The fraction of sp³-hybridized carbons (Fsp3) is 0.529. The second kappa shape index (κ2) is 5.32. The Bertz CT molecular complexity index is 695. The van der Waals surface area contributed by atoms with Crippen LogP contribution in [0.15, 0.2) is 18.2 Å². The molecule has 3 nitrogen and oxygen atoms in total. The molecule has 0 aliphatic carbocycles. The van der Waals surface area contributed by atoms with Crippen LogP contribution in [-0.4, -0.2) is 39.9 Å². The van der Waals surface area contributed by atoms with Crippen LogP contribution in [0.2, 0.25) is 0 Å². The van der Waals surface area contributed by atoms with Gasteiger partial charge in [-0.25, -0.2) is 8.78 Å². The van der Waals surface area contributed by atoms with Crippen LogP contribution >= 0.6 is 0 Å². The van der Waals surface area contributed by atoms with Crippen molar-refractivity contribution in [3.63, 3.8) is 0 Å². The minimum absolute atomic E-state index is 0.00386. The summed E-state index contributed by atoms with van der Waals surface area (Å²) in [4.78, 5) is 5.35. The van der Waals surface area contributed by atoms with Crippen molar-refractivity contribution in [1.29, 1.82) is 0 Å². The second-order valence-corrected chi connectivity index (χ2v) is 6.68. The molecule has 5 heteroatoms. The zero-order valence-corrected chi connectivity index (χ0v) is 13.2. The normalized spacial score (nSPS) is 25.2. The van der Waals surface area contributed by atoms with E-state index >= 15 is 0 Å². The molecule has 2 aromatic rings. The minimum Gasteiger partial charge on any atom is -0.393 e. The van der Waals surface area contributed by atoms with E-state index in [-0.39, 0.29) is 24.4 Å². The molecular formula is C17H22F2N2O. The van der Waals surface area contributed by atoms with E-state index in [1.165, 1.54) is 24.6 Å². The molecule has 0 amide bonds. The maximum absolute atomic E-state index is 14.2. The van der Waals surface area contributed by atoms with Crippen LogP contribution in [0, 0.1) is 5.82 Å². The van der Waals surface area contributed by atoms with Gasteiger partial charge in [-0.2, -0.15) is 0 Å². The fourth-order valence-corrected chi connectivity index (χ4v) is 3.51. The van der Waals surface area contributed by atoms with E-state index in [2.05, 4.69) is 16.8 Å². The SMILES string of the molecule is C[C@@H]1Cc2c([nH]c3cc(F)ccc23)[C@@H](C)N1CC(C)(F)CO. The molecule has 22 heavy (non-hydrogen) atoms. The zero-order valence-electron chi connectivity index (χ0n) is 13.2. The summed E-state index contributed by atoms with van der Waals surface area (Å²) in [6.45, 7) is 5.19. The van der Waals surface area contributed by atoms with E-state index < -0.39 is 12.3 Å². The Kier molecular flexibility index (Phi) is 3.73. The summed E-state index contributed by atoms with van der Waals surface area (Å²) < 4.78 is 27.6. The molecule has 0 saturated carbocycles. The van der Waals surface area contributed by atoms with Crippen LogP contribution in [0.3, 0.4) is 0 Å². The van der Waals surface area contributed by atoms with Gasteiger partial charge in [0.25, 0.3) is 0 Å². The van der Waals surface area contributed by atoms with Crippen molar-refractivity contribution in [2.24, 2.45) is 0 Å². The summed E-state index contributed by atoms with van der Waals surface area (Å²) in [5, 5.41) is 10.2. The molecule has 0 fully saturated rings. The van der Waals surface area contributed by atoms with Gasteiger partial charge in [-0.05, 0) is 51.0 Å². The first-order chi connectivity index (χ1) is 10.3. The van der Waals surface area contributed by atoms with Crippen molar-refractivity contribution < 1.29 is 13.9 Å². The number of hydrogen-bond donors (Lipinski definition) is 2. The van der Waals surface area contributed by atoms with Crippen molar-refractivity contribution in [2.45, 2.75) is 44.9 Å². The third-order valence-corrected chi connectivity index (χ3v) is 4.72. The summed E-state index contributed by atoms with van der Waals surface area (Å²) >= 11 is 0. The van der Waals surface area contributed by atoms with E-state index in [0.29, 0.717) is 0 Å². The molecule has 0 saturated heterocycles. The number of rotatable bonds is 3. The van der Waals surface area contributed by atoms with E-state index in [0.717, 1.165) is 23.0 Å². The average Bonchev–Trinajstić information content (AvgIpc) is 2.81. The standard InChI is InChI=1S/C17H22F2N2O/c1-10-6-14-13-5-4-12(18)7-15(13)20-16(14)11(2)21(10)8-17(3,19)9-22/h4-5,7,10-11,20,22H,6,8-9H2,1-3H3/t10-,11-,17?/m1/s1. The Hall–Kier alpha value is -1.46. The number of nitrogens with zero attached hydrogens (tertiary/aromatic N) is 1. The molecule has 1 unspecified atom stereocenters. The summed E-state index contributed by atoms with van der Waals surface area (Å²) in [5.41, 5.74) is 1.37. The fourth-order valence-electron chi connectivity index (χ4n) is 3.51. The largest absolute Gasteiger partial charge is 0.393 e. The van der Waals surface area contributed by atoms with Crippen LogP contribution in [0.5, 0.6) is 0 Å². The Morgan fingerprint density at radius 3 is 2.82 bits per heavy atom. The van der Waals surface area contributed by atoms with Gasteiger partial charge >= 0.3 is 0 Å². The number of benzene rings is 1. The van der Waals surface area contributed by atoms with E-state index in [9.17, 15) is 13.9 Å². The molecule has 3 rings (SSSR count). The quantitative estimate of drug-likeness (QED) is 0.913. The molecule has 1 aromatic heterocycles. The predicted molar refractivity (Wildman–Crippen MR) is 83.1 cm³/mol. The van der Waals surface area contributed by atoms with Gasteiger partial charge in [-0.3, -0.25) is 4.90 Å². The maximum atomic E-state index is 14.2. The molecule has 2 N–H and O–H groups in total. The van der Waals surface area contributed by atoms with E-state index in [1.54, 1.807) is 0 Å². The van der Waals surface area contributed by atoms with Gasteiger partial charge in [0.15, 0.2) is 0 Å². The Morgan fingerprint density at radius 2 is 2.14 bits per heavy atom. The first-order valence-electron chi connectivity index (χ1n) is 7.68. The third-order valence-electron chi connectivity index (χ3n) is 4.72. The minimum atomic E-state index is -1.63. The van der Waals surface area contributed by atoms with Gasteiger partial charge < -0.3 is 10.1 Å². The summed E-state index contributed by atoms with van der Waals surface area (Å²) in [6, 6.07) is 4.94.